The number of nitrogens with zero attached hydrogens (tertiary/aromatic N) is 2. The van der Waals surface area contributed by atoms with E-state index in [4.69, 9.17) is 0 Å². The number of hydrogen-bond donors (Lipinski definition) is 0. The van der Waals surface area contributed by atoms with E-state index >= 15 is 0 Å². The Morgan fingerprint density at radius 3 is 1.29 bits per heavy atom. The first kappa shape index (κ1) is 49.2. The van der Waals surface area contributed by atoms with Crippen molar-refractivity contribution in [3.05, 3.63) is 97.6 Å². The van der Waals surface area contributed by atoms with Crippen LogP contribution in [0.1, 0.15) is 241 Å². The molecule has 0 radical (unpaired) electrons. The Bertz CT molecular complexity index is 1460. The van der Waals surface area contributed by atoms with Crippen molar-refractivity contribution in [1.82, 2.24) is 0 Å². The highest BCUT2D eigenvalue weighted by Crippen LogP contribution is 2.38. The van der Waals surface area contributed by atoms with E-state index < -0.39 is 0 Å². The molecule has 0 bridgehead atoms. The summed E-state index contributed by atoms with van der Waals surface area (Å²) in [6.07, 6.45) is 38.1. The third-order valence-corrected chi connectivity index (χ3v) is 11.8. The van der Waals surface area contributed by atoms with Crippen LogP contribution in [-0.4, -0.2) is 10.7 Å². The second kappa shape index (κ2) is 31.1. The second-order valence-corrected chi connectivity index (χ2v) is 16.7. The average molecular weight is 763 g/mol. The molecular weight excluding hydrogens is 677 g/mol. The van der Waals surface area contributed by atoms with Crippen molar-refractivity contribution in [3.63, 3.8) is 0 Å². The molecule has 0 amide bonds. The smallest absolute Gasteiger partial charge is 0.303 e. The van der Waals surface area contributed by atoms with Gasteiger partial charge in [0.2, 0.25) is 0 Å². The second-order valence-electron chi connectivity index (χ2n) is 16.7. The Balaban J connectivity index is 3.29. The molecule has 2 rings (SSSR count). The summed E-state index contributed by atoms with van der Waals surface area (Å²) >= 11 is 0. The standard InChI is InChI=1S/C54H86N2/c1-9-17-25-26-30-38-53(48(43-56-55)33-23-15-7)54(49-39-44(31-21-13-5)51(36-24-16-8)45(40-49)32-22-14-6)50-41-46(34-27-18-10-2)52(37-29-20-12-4)47(42-50)35-28-19-11-3/h30,38-42H,9-29,31-37H2,1-8H3. The van der Waals surface area contributed by atoms with Crippen LogP contribution >= 0.6 is 0 Å². The first-order valence-electron chi connectivity index (χ1n) is 24.1. The number of allylic oxidation sites excluding steroid dienone is 4. The zero-order chi connectivity index (χ0) is 40.8. The van der Waals surface area contributed by atoms with Gasteiger partial charge in [0.05, 0.1) is 5.57 Å². The van der Waals surface area contributed by atoms with Crippen LogP contribution in [0, 0.1) is 0 Å². The summed E-state index contributed by atoms with van der Waals surface area (Å²) in [5.74, 6) is 3.17. The molecule has 0 aliphatic carbocycles. The number of rotatable bonds is 32. The number of unbranched alkanes of at least 4 members (excludes halogenated alkanes) is 13. The van der Waals surface area contributed by atoms with E-state index in [0.29, 0.717) is 0 Å². The molecule has 0 aliphatic rings. The predicted molar refractivity (Wildman–Crippen MR) is 249 cm³/mol. The highest BCUT2D eigenvalue weighted by molar-refractivity contribution is 5.90. The molecule has 0 unspecified atom stereocenters. The Hall–Kier alpha value is -2.92. The zero-order valence-corrected chi connectivity index (χ0v) is 38.2. The number of aryl methyl sites for hydroxylation is 4. The van der Waals surface area contributed by atoms with Crippen LogP contribution in [0.4, 0.5) is 0 Å². The van der Waals surface area contributed by atoms with Gasteiger partial charge in [-0.2, -0.15) is 0 Å². The van der Waals surface area contributed by atoms with Gasteiger partial charge in [0.25, 0.3) is 0 Å². The van der Waals surface area contributed by atoms with Crippen LogP contribution in [0.3, 0.4) is 0 Å². The van der Waals surface area contributed by atoms with E-state index in [-0.39, 0.29) is 0 Å². The molecule has 0 fully saturated rings. The molecule has 0 aromatic heterocycles. The summed E-state index contributed by atoms with van der Waals surface area (Å²) in [6.45, 7) is 18.5. The van der Waals surface area contributed by atoms with Crippen LogP contribution in [-0.2, 0) is 38.5 Å². The summed E-state index contributed by atoms with van der Waals surface area (Å²) < 4.78 is 0. The van der Waals surface area contributed by atoms with Gasteiger partial charge in [-0.05, 0) is 153 Å². The highest BCUT2D eigenvalue weighted by Gasteiger charge is 2.22. The third kappa shape index (κ3) is 17.3. The van der Waals surface area contributed by atoms with Crippen LogP contribution in [0.5, 0.6) is 0 Å². The molecule has 0 N–H and O–H groups in total. The largest absolute Gasteiger partial charge is 0.348 e. The molecule has 312 valence electrons. The van der Waals surface area contributed by atoms with Gasteiger partial charge < -0.3 is 5.53 Å². The van der Waals surface area contributed by atoms with Crippen molar-refractivity contribution in [2.45, 2.75) is 235 Å². The maximum absolute atomic E-state index is 10.2. The molecule has 56 heavy (non-hydrogen) atoms. The van der Waals surface area contributed by atoms with Gasteiger partial charge in [-0.15, -0.1) is 4.79 Å². The van der Waals surface area contributed by atoms with E-state index in [0.717, 1.165) is 56.9 Å². The molecule has 2 aromatic rings. The van der Waals surface area contributed by atoms with Crippen molar-refractivity contribution >= 4 is 11.4 Å². The molecular formula is C54H86N2. The van der Waals surface area contributed by atoms with Gasteiger partial charge in [-0.1, -0.05) is 169 Å². The summed E-state index contributed by atoms with van der Waals surface area (Å²) in [7, 11) is 0. The van der Waals surface area contributed by atoms with Crippen LogP contribution in [0.25, 0.3) is 11.1 Å². The van der Waals surface area contributed by atoms with Crippen LogP contribution < -0.4 is 0 Å². The maximum Gasteiger partial charge on any atom is 0.303 e. The molecule has 0 spiro atoms. The maximum atomic E-state index is 10.2. The lowest BCUT2D eigenvalue weighted by atomic mass is 9.80. The molecule has 0 heterocycles. The lowest BCUT2D eigenvalue weighted by Gasteiger charge is -2.24. The van der Waals surface area contributed by atoms with Gasteiger partial charge in [0, 0.05) is 5.57 Å². The molecule has 0 saturated carbocycles. The lowest BCUT2D eigenvalue weighted by molar-refractivity contribution is 0.00742. The predicted octanol–water partition coefficient (Wildman–Crippen LogP) is 16.9. The molecule has 2 aromatic carbocycles. The zero-order valence-electron chi connectivity index (χ0n) is 38.2. The van der Waals surface area contributed by atoms with Gasteiger partial charge in [-0.25, -0.2) is 0 Å². The van der Waals surface area contributed by atoms with Crippen molar-refractivity contribution in [2.24, 2.45) is 0 Å². The molecule has 2 heteroatoms. The van der Waals surface area contributed by atoms with Gasteiger partial charge in [-0.3, -0.25) is 0 Å². The van der Waals surface area contributed by atoms with E-state index in [9.17, 15) is 5.53 Å². The van der Waals surface area contributed by atoms with E-state index in [1.807, 2.05) is 0 Å². The Kier molecular flexibility index (Phi) is 27.4. The summed E-state index contributed by atoms with van der Waals surface area (Å²) in [4.78, 5) is 3.64. The summed E-state index contributed by atoms with van der Waals surface area (Å²) in [5, 5.41) is 0. The molecule has 0 atom stereocenters. The number of hydrogen-bond acceptors (Lipinski definition) is 0. The quantitative estimate of drug-likeness (QED) is 0.0234. The van der Waals surface area contributed by atoms with Gasteiger partial charge in [0.1, 0.15) is 0 Å². The first-order chi connectivity index (χ1) is 27.5. The molecule has 2 nitrogen and oxygen atoms in total. The minimum atomic E-state index is 0.848. The average Bonchev–Trinajstić information content (AvgIpc) is 3.20. The summed E-state index contributed by atoms with van der Waals surface area (Å²) in [5.41, 5.74) is 26.0. The Morgan fingerprint density at radius 1 is 0.482 bits per heavy atom. The minimum absolute atomic E-state index is 0.848. The van der Waals surface area contributed by atoms with Crippen molar-refractivity contribution in [1.29, 1.82) is 0 Å². The summed E-state index contributed by atoms with van der Waals surface area (Å²) in [6, 6.07) is 10.5. The van der Waals surface area contributed by atoms with E-state index in [1.165, 1.54) is 151 Å². The fourth-order valence-corrected chi connectivity index (χ4v) is 8.38. The number of benzene rings is 2. The third-order valence-electron chi connectivity index (χ3n) is 11.8. The molecule has 0 aliphatic heterocycles. The van der Waals surface area contributed by atoms with E-state index in [2.05, 4.69) is 102 Å². The highest BCUT2D eigenvalue weighted by atomic mass is 14.8. The van der Waals surface area contributed by atoms with Gasteiger partial charge in [0.15, 0.2) is 0 Å². The van der Waals surface area contributed by atoms with E-state index in [1.54, 1.807) is 33.4 Å². The van der Waals surface area contributed by atoms with Crippen molar-refractivity contribution in [3.8, 4) is 0 Å². The monoisotopic (exact) mass is 763 g/mol. The fourth-order valence-electron chi connectivity index (χ4n) is 8.38. The van der Waals surface area contributed by atoms with Crippen molar-refractivity contribution in [2.75, 3.05) is 0 Å². The topological polar surface area (TPSA) is 36.4 Å². The normalized spacial score (nSPS) is 11.9. The fraction of sp³-hybridized carbons (Fsp3) is 0.667. The van der Waals surface area contributed by atoms with Crippen LogP contribution in [0.2, 0.25) is 0 Å². The SMILES string of the molecule is CCCCCC=CC(C(=C=[N+]=[N-])CCCC)=C(c1cc(CCCC)c(CCCC)c(CCCC)c1)c1cc(CCCCC)c(CCCCC)c(CCCCC)c1. The Morgan fingerprint density at radius 2 is 0.857 bits per heavy atom. The minimum Gasteiger partial charge on any atom is -0.348 e. The molecule has 0 saturated heterocycles. The first-order valence-corrected chi connectivity index (χ1v) is 24.1. The lowest BCUT2D eigenvalue weighted by Crippen LogP contribution is -2.08. The van der Waals surface area contributed by atoms with Gasteiger partial charge >= 0.3 is 5.87 Å². The van der Waals surface area contributed by atoms with Crippen molar-refractivity contribution < 1.29 is 4.79 Å². The Labute approximate surface area is 347 Å². The van der Waals surface area contributed by atoms with Crippen LogP contribution in [0.15, 0.2) is 47.6 Å².